The third-order valence-electron chi connectivity index (χ3n) is 20.2. The zero-order chi connectivity index (χ0) is 50.3. The first-order valence-corrected chi connectivity index (χ1v) is 45.0. The van der Waals surface area contributed by atoms with Gasteiger partial charge in [0.05, 0.1) is 0 Å². The summed E-state index contributed by atoms with van der Waals surface area (Å²) in [6.45, 7) is 37.0. The van der Waals surface area contributed by atoms with Crippen molar-refractivity contribution < 1.29 is 16.5 Å². The highest BCUT2D eigenvalue weighted by molar-refractivity contribution is 6.96. The quantitative estimate of drug-likeness (QED) is 0.0751. The fraction of sp³-hybridized carbons (Fsp3) is 0.724. The molecule has 3 saturated carbocycles. The van der Waals surface area contributed by atoms with E-state index in [0.29, 0.717) is 23.7 Å². The number of nitrogens with two attached hydrogens (primary N) is 1. The number of hydrogen-bond acceptors (Lipinski definition) is 5. The van der Waals surface area contributed by atoms with Crippen LogP contribution in [0.25, 0.3) is 0 Å². The summed E-state index contributed by atoms with van der Waals surface area (Å²) in [5, 5.41) is 2.40. The minimum Gasteiger partial charge on any atom is -0.433 e. The lowest BCUT2D eigenvalue weighted by Crippen LogP contribution is -2.70. The van der Waals surface area contributed by atoms with Crippen LogP contribution in [0.15, 0.2) is 85.0 Å². The summed E-state index contributed by atoms with van der Waals surface area (Å²) < 4.78 is 31.0. The van der Waals surface area contributed by atoms with Crippen LogP contribution >= 0.6 is 0 Å². The van der Waals surface area contributed by atoms with Crippen molar-refractivity contribution in [3.63, 3.8) is 0 Å². The molecule has 3 fully saturated rings. The van der Waals surface area contributed by atoms with Crippen LogP contribution in [0.1, 0.15) is 118 Å². The molecule has 2 aromatic rings. The van der Waals surface area contributed by atoms with E-state index in [4.69, 9.17) is 22.2 Å². The van der Waals surface area contributed by atoms with Gasteiger partial charge in [0, 0.05) is 5.16 Å². The molecule has 0 heterocycles. The monoisotopic (exact) mass is 1040 g/mol. The average molecular weight is 1040 g/mol. The van der Waals surface area contributed by atoms with E-state index in [1.807, 2.05) is 0 Å². The van der Waals surface area contributed by atoms with Crippen LogP contribution in [0.4, 0.5) is 0 Å². The predicted octanol–water partition coefficient (Wildman–Crippen LogP) is 15.3. The van der Waals surface area contributed by atoms with E-state index in [-0.39, 0.29) is 10.2 Å². The molecule has 0 amide bonds. The first kappa shape index (κ1) is 55.8. The molecule has 2 N–H and O–H groups in total. The average Bonchev–Trinajstić information content (AvgIpc) is 4.16. The van der Waals surface area contributed by atoms with Crippen LogP contribution in [0.3, 0.4) is 0 Å². The van der Waals surface area contributed by atoms with E-state index in [2.05, 4.69) is 185 Å². The van der Waals surface area contributed by atoms with Gasteiger partial charge >= 0.3 is 17.1 Å². The van der Waals surface area contributed by atoms with E-state index < -0.39 is 50.4 Å². The number of allylic oxidation sites excluding steroid dienone is 4. The molecule has 7 rings (SSSR count). The van der Waals surface area contributed by atoms with Gasteiger partial charge in [0.25, 0.3) is 0 Å². The highest BCUT2D eigenvalue weighted by atomic mass is 28.5. The second-order valence-electron chi connectivity index (χ2n) is 26.6. The van der Waals surface area contributed by atoms with Crippen molar-refractivity contribution in [3.05, 3.63) is 85.0 Å². The van der Waals surface area contributed by atoms with E-state index in [1.54, 1.807) is 0 Å². The van der Waals surface area contributed by atoms with E-state index in [0.717, 1.165) is 54.8 Å². The zero-order valence-electron chi connectivity index (χ0n) is 46.7. The van der Waals surface area contributed by atoms with Crippen LogP contribution < -0.4 is 16.1 Å². The van der Waals surface area contributed by atoms with Gasteiger partial charge in [-0.15, -0.1) is 0 Å². The molecule has 5 nitrogen and oxygen atoms in total. The van der Waals surface area contributed by atoms with Gasteiger partial charge in [-0.1, -0.05) is 139 Å². The number of rotatable bonds is 26. The molecular weight excluding hydrogens is 943 g/mol. The second-order valence-corrected chi connectivity index (χ2v) is 51.0. The molecule has 14 unspecified atom stereocenters. The van der Waals surface area contributed by atoms with Crippen molar-refractivity contribution >= 4 is 60.8 Å². The maximum Gasteiger partial charge on any atom is 0.348 e. The Hall–Kier alpha value is -0.979. The predicted molar refractivity (Wildman–Crippen MR) is 310 cm³/mol. The smallest absolute Gasteiger partial charge is 0.348 e. The fourth-order valence-electron chi connectivity index (χ4n) is 15.3. The van der Waals surface area contributed by atoms with Crippen LogP contribution in [-0.4, -0.2) is 55.6 Å². The molecule has 0 radical (unpaired) electrons. The second kappa shape index (κ2) is 21.7. The lowest BCUT2D eigenvalue weighted by molar-refractivity contribution is 0.263. The highest BCUT2D eigenvalue weighted by Crippen LogP contribution is 2.54. The summed E-state index contributed by atoms with van der Waals surface area (Å²) in [4.78, 5) is 0. The van der Waals surface area contributed by atoms with E-state index in [1.165, 1.54) is 86.7 Å². The summed E-state index contributed by atoms with van der Waals surface area (Å²) in [5.41, 5.74) is 7.80. The Labute approximate surface area is 430 Å². The topological polar surface area (TPSA) is 62.9 Å². The summed E-state index contributed by atoms with van der Waals surface area (Å²) >= 11 is 0. The Balaban J connectivity index is 1.02. The van der Waals surface area contributed by atoms with Gasteiger partial charge in [-0.05, 0) is 216 Å². The Kier molecular flexibility index (Phi) is 17.5. The van der Waals surface area contributed by atoms with Crippen molar-refractivity contribution in [3.8, 4) is 0 Å². The Bertz CT molecular complexity index is 2050. The normalized spacial score (nSPS) is 31.5. The summed E-state index contributed by atoms with van der Waals surface area (Å²) in [7, 11) is -14.7. The first-order chi connectivity index (χ1) is 32.3. The van der Waals surface area contributed by atoms with Crippen molar-refractivity contribution in [2.24, 2.45) is 64.9 Å². The fourth-order valence-corrected chi connectivity index (χ4v) is 44.8. The van der Waals surface area contributed by atoms with Gasteiger partial charge in [-0.2, -0.15) is 0 Å². The van der Waals surface area contributed by atoms with Gasteiger partial charge < -0.3 is 22.2 Å². The van der Waals surface area contributed by atoms with Crippen molar-refractivity contribution in [2.75, 3.05) is 0 Å². The third kappa shape index (κ3) is 12.6. The molecule has 11 heteroatoms. The molecule has 5 aliphatic carbocycles. The number of benzene rings is 2. The van der Waals surface area contributed by atoms with Crippen LogP contribution in [0, 0.1) is 59.2 Å². The SMILES string of the molecule is CCC1C(CCC(N)(CC)[Si](C)(C)O[Si](C)(O[Si](C)(C)CCC2CC3C=CC2C3)c2ccccc2)CC(C)C1C[Si](C)(C)O[Si](C)(O[Si](C)(C)C(C)(CC)CCC1CC2C=CC1C2)c1ccccc1. The molecule has 0 aliphatic heterocycles. The number of hydrogen-bond donors (Lipinski definition) is 1. The molecule has 2 aromatic carbocycles. The standard InChI is InChI=1S/C58H101NO4Si6/c1-16-55-52(34-37-58(59,18-3)67(12,13)63-68(14,53-25-21-19-22-26-53)60-64(6,7)38-35-51-43-47-30-32-49(51)41-47)39-45(4)56(55)44-65(8,9)61-69(15,54-27-23-20-24-28-54)62-66(10,11)57(5,17-2)36-33-50-42-46-29-31-48(50)40-46/h19-32,45-52,55-56H,16-18,33-44,59H2,1-15H3. The third-order valence-corrected chi connectivity index (χ3v) is 47.2. The molecule has 386 valence electrons. The van der Waals surface area contributed by atoms with Gasteiger partial charge in [-0.3, -0.25) is 0 Å². The Morgan fingerprint density at radius 3 is 1.49 bits per heavy atom. The van der Waals surface area contributed by atoms with Gasteiger partial charge in [0.1, 0.15) is 0 Å². The van der Waals surface area contributed by atoms with Crippen molar-refractivity contribution in [1.29, 1.82) is 0 Å². The zero-order valence-corrected chi connectivity index (χ0v) is 52.7. The molecule has 69 heavy (non-hydrogen) atoms. The van der Waals surface area contributed by atoms with Gasteiger partial charge in [-0.25, -0.2) is 0 Å². The molecule has 0 spiro atoms. The molecular formula is C58H101NO4Si6. The Morgan fingerprint density at radius 2 is 1.03 bits per heavy atom. The number of fused-ring (bicyclic) bond motifs is 4. The molecule has 5 aliphatic rings. The maximum absolute atomic E-state index is 7.85. The van der Waals surface area contributed by atoms with Crippen molar-refractivity contribution in [2.45, 2.75) is 206 Å². The molecule has 0 aromatic heterocycles. The van der Waals surface area contributed by atoms with Crippen LogP contribution in [0.5, 0.6) is 0 Å². The lowest BCUT2D eigenvalue weighted by atomic mass is 9.83. The van der Waals surface area contributed by atoms with Crippen LogP contribution in [0.2, 0.25) is 82.6 Å². The largest absolute Gasteiger partial charge is 0.433 e. The summed E-state index contributed by atoms with van der Waals surface area (Å²) in [5.74, 6) is 7.57. The minimum atomic E-state index is -2.82. The highest BCUT2D eigenvalue weighted by Gasteiger charge is 2.55. The summed E-state index contributed by atoms with van der Waals surface area (Å²) in [6, 6.07) is 24.6. The van der Waals surface area contributed by atoms with Gasteiger partial charge in [0.2, 0.25) is 0 Å². The van der Waals surface area contributed by atoms with E-state index >= 15 is 0 Å². The molecule has 0 saturated heterocycles. The maximum atomic E-state index is 7.85. The minimum absolute atomic E-state index is 0.191. The van der Waals surface area contributed by atoms with E-state index in [9.17, 15) is 0 Å². The Morgan fingerprint density at radius 1 is 0.536 bits per heavy atom. The first-order valence-electron chi connectivity index (χ1n) is 28.4. The molecule has 4 bridgehead atoms. The van der Waals surface area contributed by atoms with Crippen molar-refractivity contribution in [1.82, 2.24) is 0 Å². The lowest BCUT2D eigenvalue weighted by Gasteiger charge is -2.49. The van der Waals surface area contributed by atoms with Crippen LogP contribution in [-0.2, 0) is 16.5 Å². The summed E-state index contributed by atoms with van der Waals surface area (Å²) in [6.07, 6.45) is 26.2. The molecule has 14 atom stereocenters. The van der Waals surface area contributed by atoms with Gasteiger partial charge in [0.15, 0.2) is 33.3 Å².